The normalized spacial score (nSPS) is 19.9. The number of rotatable bonds is 9. The number of nitrogens with one attached hydrogen (secondary N) is 1. The maximum atomic E-state index is 13.7. The van der Waals surface area contributed by atoms with Crippen molar-refractivity contribution < 1.29 is 26.7 Å². The fraction of sp³-hybridized carbons (Fsp3) is 0.448. The summed E-state index contributed by atoms with van der Waals surface area (Å²) in [6.07, 6.45) is 6.29. The van der Waals surface area contributed by atoms with Crippen LogP contribution in [-0.2, 0) is 33.0 Å². The van der Waals surface area contributed by atoms with Gasteiger partial charge in [-0.2, -0.15) is 5.10 Å². The van der Waals surface area contributed by atoms with E-state index in [-0.39, 0.29) is 12.6 Å². The molecule has 1 N–H and O–H groups in total. The molecule has 2 atom stereocenters. The van der Waals surface area contributed by atoms with Crippen molar-refractivity contribution in [3.8, 4) is 11.1 Å². The molecule has 2 unspecified atom stereocenters. The Kier molecular flexibility index (Phi) is 7.24. The zero-order valence-electron chi connectivity index (χ0n) is 24.3. The number of sulfonamides is 1. The highest BCUT2D eigenvalue weighted by Crippen LogP contribution is 2.49. The first-order chi connectivity index (χ1) is 20.3. The number of nitrogens with zero attached hydrogens (tertiary/aromatic N) is 6. The molecule has 0 amide bonds. The summed E-state index contributed by atoms with van der Waals surface area (Å²) in [6.45, 7) is 2.43. The zero-order chi connectivity index (χ0) is 30.7. The summed E-state index contributed by atoms with van der Waals surface area (Å²) in [6, 6.07) is 6.97. The van der Waals surface area contributed by atoms with Crippen molar-refractivity contribution >= 4 is 44.0 Å². The second kappa shape index (κ2) is 10.7. The molecule has 1 aliphatic carbocycles. The van der Waals surface area contributed by atoms with Gasteiger partial charge in [0.1, 0.15) is 23.4 Å². The minimum Gasteiger partial charge on any atom is -0.358 e. The number of ether oxygens (including phenoxy) is 1. The first-order valence-electron chi connectivity index (χ1n) is 14.1. The molecule has 4 aromatic rings. The van der Waals surface area contributed by atoms with Gasteiger partial charge < -0.3 is 10.1 Å². The smallest absolute Gasteiger partial charge is 0.258 e. The SMILES string of the molecule is Cc1nc2c(Nc3ccc(-c4cnn(C)c4)cc3N(C)S(C)(=O)=O)cc(CC(=O)C3CC3(F)F)nc2n1C1CCCCO1. The van der Waals surface area contributed by atoms with E-state index in [1.54, 1.807) is 36.1 Å². The molecule has 11 nitrogen and oxygen atoms in total. The lowest BCUT2D eigenvalue weighted by Gasteiger charge is -2.25. The monoisotopic (exact) mass is 613 g/mol. The van der Waals surface area contributed by atoms with Crippen LogP contribution in [0, 0.1) is 12.8 Å². The van der Waals surface area contributed by atoms with E-state index >= 15 is 0 Å². The van der Waals surface area contributed by atoms with E-state index in [9.17, 15) is 22.0 Å². The van der Waals surface area contributed by atoms with Gasteiger partial charge in [-0.3, -0.25) is 18.3 Å². The van der Waals surface area contributed by atoms with Gasteiger partial charge in [-0.1, -0.05) is 6.07 Å². The summed E-state index contributed by atoms with van der Waals surface area (Å²) >= 11 is 0. The molecule has 228 valence electrons. The Bertz CT molecular complexity index is 1830. The van der Waals surface area contributed by atoms with Gasteiger partial charge in [0.15, 0.2) is 5.65 Å². The van der Waals surface area contributed by atoms with Crippen LogP contribution >= 0.6 is 0 Å². The Morgan fingerprint density at radius 1 is 1.19 bits per heavy atom. The van der Waals surface area contributed by atoms with Crippen molar-refractivity contribution in [3.63, 3.8) is 0 Å². The molecule has 43 heavy (non-hydrogen) atoms. The van der Waals surface area contributed by atoms with E-state index < -0.39 is 34.1 Å². The molecule has 1 saturated heterocycles. The lowest BCUT2D eigenvalue weighted by molar-refractivity contribution is -0.121. The molecular formula is C29H33F2N7O4S. The van der Waals surface area contributed by atoms with E-state index in [1.165, 1.54) is 11.4 Å². The molecular weight excluding hydrogens is 580 g/mol. The number of aryl methyl sites for hydroxylation is 2. The van der Waals surface area contributed by atoms with Crippen molar-refractivity contribution in [2.75, 3.05) is 29.5 Å². The van der Waals surface area contributed by atoms with Crippen LogP contribution in [0.5, 0.6) is 0 Å². The Morgan fingerprint density at radius 3 is 2.58 bits per heavy atom. The van der Waals surface area contributed by atoms with Crippen molar-refractivity contribution in [1.29, 1.82) is 0 Å². The minimum atomic E-state index is -3.65. The van der Waals surface area contributed by atoms with Gasteiger partial charge in [0.25, 0.3) is 5.92 Å². The predicted octanol–water partition coefficient (Wildman–Crippen LogP) is 4.75. The van der Waals surface area contributed by atoms with Crippen LogP contribution in [0.4, 0.5) is 25.8 Å². The molecule has 6 rings (SSSR count). The number of pyridine rings is 1. The third-order valence-corrected chi connectivity index (χ3v) is 9.23. The Labute approximate surface area is 247 Å². The number of hydrogen-bond acceptors (Lipinski definition) is 8. The van der Waals surface area contributed by atoms with Crippen molar-refractivity contribution in [2.24, 2.45) is 13.0 Å². The van der Waals surface area contributed by atoms with E-state index in [2.05, 4.69) is 10.4 Å². The van der Waals surface area contributed by atoms with Crippen molar-refractivity contribution in [2.45, 2.75) is 51.2 Å². The zero-order valence-corrected chi connectivity index (χ0v) is 25.2. The molecule has 0 spiro atoms. The van der Waals surface area contributed by atoms with Crippen LogP contribution < -0.4 is 9.62 Å². The first kappa shape index (κ1) is 29.2. The van der Waals surface area contributed by atoms with Gasteiger partial charge in [0.2, 0.25) is 10.0 Å². The van der Waals surface area contributed by atoms with E-state index in [1.807, 2.05) is 23.8 Å². The van der Waals surface area contributed by atoms with Gasteiger partial charge in [-0.15, -0.1) is 0 Å². The van der Waals surface area contributed by atoms with Gasteiger partial charge in [-0.25, -0.2) is 27.2 Å². The number of alkyl halides is 2. The third-order valence-electron chi connectivity index (χ3n) is 8.03. The molecule has 2 aliphatic rings. The van der Waals surface area contributed by atoms with Gasteiger partial charge in [-0.05, 0) is 49.9 Å². The quantitative estimate of drug-likeness (QED) is 0.287. The third kappa shape index (κ3) is 5.73. The molecule has 1 aliphatic heterocycles. The number of fused-ring (bicyclic) bond motifs is 1. The lowest BCUT2D eigenvalue weighted by Crippen LogP contribution is -2.25. The number of halogens is 2. The second-order valence-electron chi connectivity index (χ2n) is 11.3. The number of hydrogen-bond donors (Lipinski definition) is 1. The summed E-state index contributed by atoms with van der Waals surface area (Å²) in [7, 11) is -0.396. The van der Waals surface area contributed by atoms with Crippen LogP contribution in [0.2, 0.25) is 0 Å². The molecule has 1 saturated carbocycles. The average Bonchev–Trinajstić information content (AvgIpc) is 3.23. The highest BCUT2D eigenvalue weighted by atomic mass is 32.2. The molecule has 0 radical (unpaired) electrons. The van der Waals surface area contributed by atoms with Gasteiger partial charge in [0.05, 0.1) is 41.1 Å². The number of benzene rings is 1. The number of anilines is 3. The minimum absolute atomic E-state index is 0.267. The van der Waals surface area contributed by atoms with E-state index in [0.29, 0.717) is 46.4 Å². The molecule has 14 heteroatoms. The number of ketones is 1. The first-order valence-corrected chi connectivity index (χ1v) is 15.9. The van der Waals surface area contributed by atoms with E-state index in [0.717, 1.165) is 36.6 Å². The number of carbonyl (C=O) groups excluding carboxylic acids is 1. The number of aromatic nitrogens is 5. The average molecular weight is 614 g/mol. The molecule has 3 aromatic heterocycles. The van der Waals surface area contributed by atoms with Gasteiger partial charge >= 0.3 is 0 Å². The van der Waals surface area contributed by atoms with Crippen LogP contribution in [0.25, 0.3) is 22.3 Å². The summed E-state index contributed by atoms with van der Waals surface area (Å²) < 4.78 is 63.5. The summed E-state index contributed by atoms with van der Waals surface area (Å²) in [4.78, 5) is 22.2. The maximum Gasteiger partial charge on any atom is 0.258 e. The van der Waals surface area contributed by atoms with Crippen molar-refractivity contribution in [1.82, 2.24) is 24.3 Å². The van der Waals surface area contributed by atoms with Crippen molar-refractivity contribution in [3.05, 3.63) is 48.2 Å². The predicted molar refractivity (Wildman–Crippen MR) is 158 cm³/mol. The van der Waals surface area contributed by atoms with Crippen LogP contribution in [0.15, 0.2) is 36.7 Å². The molecule has 0 bridgehead atoms. The van der Waals surface area contributed by atoms with Crippen LogP contribution in [0.1, 0.15) is 43.4 Å². The Balaban J connectivity index is 1.46. The van der Waals surface area contributed by atoms with Crippen LogP contribution in [-0.4, -0.2) is 64.3 Å². The fourth-order valence-electron chi connectivity index (χ4n) is 5.52. The Hall–Kier alpha value is -3.91. The highest BCUT2D eigenvalue weighted by Gasteiger charge is 2.60. The Morgan fingerprint density at radius 2 is 1.95 bits per heavy atom. The standard InChI is InChI=1S/C29H33F2N7O4S/c1-17-33-27-23(35-22-9-8-18(19-15-32-36(2)16-19)11-24(22)37(3)43(4,40)41)12-20(13-25(39)21-14-29(21,30)31)34-28(27)38(17)26-7-5-6-10-42-26/h8-9,11-12,15-16,21,26H,5-7,10,13-14H2,1-4H3,(H,34,35). The summed E-state index contributed by atoms with van der Waals surface area (Å²) in [5.74, 6) is -4.20. The molecule has 2 fully saturated rings. The lowest BCUT2D eigenvalue weighted by atomic mass is 10.1. The molecule has 4 heterocycles. The van der Waals surface area contributed by atoms with Crippen LogP contribution in [0.3, 0.4) is 0 Å². The second-order valence-corrected chi connectivity index (χ2v) is 13.3. The maximum absolute atomic E-state index is 13.7. The summed E-state index contributed by atoms with van der Waals surface area (Å²) in [5.41, 5.74) is 4.12. The topological polar surface area (TPSA) is 124 Å². The molecule has 1 aromatic carbocycles. The van der Waals surface area contributed by atoms with E-state index in [4.69, 9.17) is 14.7 Å². The van der Waals surface area contributed by atoms with Gasteiger partial charge in [0, 0.05) is 45.3 Å². The highest BCUT2D eigenvalue weighted by molar-refractivity contribution is 7.92. The number of carbonyl (C=O) groups is 1. The number of Topliss-reactive ketones (excluding diaryl/α,β-unsaturated/α-hetero) is 1. The number of imidazole rings is 1. The fourth-order valence-corrected chi connectivity index (χ4v) is 6.03. The summed E-state index contributed by atoms with van der Waals surface area (Å²) in [5, 5.41) is 7.54. The largest absolute Gasteiger partial charge is 0.358 e.